The molecule has 0 radical (unpaired) electrons. The molecular weight excluding hydrogens is 281 g/mol. The quantitative estimate of drug-likeness (QED) is 0.842. The number of rotatable bonds is 3. The molecule has 0 aromatic rings. The molecule has 0 aromatic carbocycles. The largest absolute Gasteiger partial charge is 0.391 e. The normalized spacial score (nSPS) is 34.5. The highest BCUT2D eigenvalue weighted by Gasteiger charge is 2.42. The Bertz CT molecular complexity index is 351. The van der Waals surface area contributed by atoms with Crippen molar-refractivity contribution in [3.63, 3.8) is 0 Å². The molecule has 6 heteroatoms. The third-order valence-corrected chi connectivity index (χ3v) is 5.10. The first-order valence-corrected chi connectivity index (χ1v) is 7.99. The minimum absolute atomic E-state index is 0.0685. The van der Waals surface area contributed by atoms with E-state index < -0.39 is 12.1 Å². The van der Waals surface area contributed by atoms with Crippen LogP contribution >= 0.6 is 0 Å². The summed E-state index contributed by atoms with van der Waals surface area (Å²) in [5, 5.41) is 3.04. The number of carbonyl (C=O) groups is 1. The van der Waals surface area contributed by atoms with Gasteiger partial charge in [0.05, 0.1) is 5.92 Å². The molecule has 0 saturated heterocycles. The van der Waals surface area contributed by atoms with Gasteiger partial charge in [-0.3, -0.25) is 4.79 Å². The van der Waals surface area contributed by atoms with E-state index in [-0.39, 0.29) is 30.7 Å². The van der Waals surface area contributed by atoms with Crippen LogP contribution in [-0.2, 0) is 4.79 Å². The van der Waals surface area contributed by atoms with Gasteiger partial charge in [0.25, 0.3) is 0 Å². The van der Waals surface area contributed by atoms with Crippen molar-refractivity contribution in [2.24, 2.45) is 23.5 Å². The van der Waals surface area contributed by atoms with E-state index >= 15 is 0 Å². The van der Waals surface area contributed by atoms with Crippen molar-refractivity contribution >= 4 is 5.91 Å². The lowest BCUT2D eigenvalue weighted by Gasteiger charge is -2.34. The van der Waals surface area contributed by atoms with Crippen molar-refractivity contribution in [2.45, 2.75) is 63.6 Å². The molecule has 2 unspecified atom stereocenters. The van der Waals surface area contributed by atoms with Crippen molar-refractivity contribution in [2.75, 3.05) is 6.54 Å². The second kappa shape index (κ2) is 6.99. The first-order valence-electron chi connectivity index (χ1n) is 7.99. The average Bonchev–Trinajstić information content (AvgIpc) is 2.47. The van der Waals surface area contributed by atoms with Gasteiger partial charge in [-0.1, -0.05) is 12.8 Å². The topological polar surface area (TPSA) is 55.1 Å². The minimum Gasteiger partial charge on any atom is -0.353 e. The number of carbonyl (C=O) groups excluding carboxylic acids is 1. The molecule has 0 aliphatic heterocycles. The molecule has 122 valence electrons. The maximum absolute atomic E-state index is 12.6. The van der Waals surface area contributed by atoms with Gasteiger partial charge in [-0.25, -0.2) is 0 Å². The van der Waals surface area contributed by atoms with Gasteiger partial charge in [-0.05, 0) is 51.0 Å². The molecule has 3 N–H and O–H groups in total. The van der Waals surface area contributed by atoms with Crippen molar-refractivity contribution in [1.82, 2.24) is 5.32 Å². The van der Waals surface area contributed by atoms with Crippen molar-refractivity contribution in [1.29, 1.82) is 0 Å². The molecule has 0 heterocycles. The number of amides is 1. The molecule has 3 nitrogen and oxygen atoms in total. The molecule has 0 spiro atoms. The third kappa shape index (κ3) is 4.34. The Morgan fingerprint density at radius 1 is 1.05 bits per heavy atom. The molecule has 2 saturated carbocycles. The molecule has 1 amide bonds. The Kier molecular flexibility index (Phi) is 5.52. The Hall–Kier alpha value is -0.780. The molecule has 0 aromatic heterocycles. The Morgan fingerprint density at radius 3 is 2.24 bits per heavy atom. The summed E-state index contributed by atoms with van der Waals surface area (Å²) in [5.41, 5.74) is 5.74. The van der Waals surface area contributed by atoms with Gasteiger partial charge in [0.15, 0.2) is 0 Å². The van der Waals surface area contributed by atoms with Crippen molar-refractivity contribution in [3.8, 4) is 0 Å². The van der Waals surface area contributed by atoms with Crippen LogP contribution in [0.1, 0.15) is 51.4 Å². The van der Waals surface area contributed by atoms with Crippen LogP contribution < -0.4 is 11.1 Å². The zero-order valence-electron chi connectivity index (χ0n) is 12.3. The van der Waals surface area contributed by atoms with Gasteiger partial charge in [-0.15, -0.1) is 0 Å². The van der Waals surface area contributed by atoms with Crippen LogP contribution in [0.2, 0.25) is 0 Å². The molecular formula is C15H25F3N2O. The van der Waals surface area contributed by atoms with E-state index in [2.05, 4.69) is 5.32 Å². The summed E-state index contributed by atoms with van der Waals surface area (Å²) in [6, 6.07) is 0.108. The zero-order valence-corrected chi connectivity index (χ0v) is 12.3. The third-order valence-electron chi connectivity index (χ3n) is 5.10. The Balaban J connectivity index is 1.82. The van der Waals surface area contributed by atoms with E-state index in [4.69, 9.17) is 5.73 Å². The van der Waals surface area contributed by atoms with Crippen LogP contribution in [0.3, 0.4) is 0 Å². The molecule has 0 bridgehead atoms. The van der Waals surface area contributed by atoms with E-state index in [1.807, 2.05) is 0 Å². The lowest BCUT2D eigenvalue weighted by Crippen LogP contribution is -2.47. The van der Waals surface area contributed by atoms with E-state index in [1.54, 1.807) is 0 Å². The highest BCUT2D eigenvalue weighted by atomic mass is 19.4. The predicted octanol–water partition coefficient (Wildman–Crippen LogP) is 2.99. The minimum atomic E-state index is -4.12. The van der Waals surface area contributed by atoms with Crippen LogP contribution in [0.15, 0.2) is 0 Å². The van der Waals surface area contributed by atoms with Crippen molar-refractivity contribution < 1.29 is 18.0 Å². The van der Waals surface area contributed by atoms with Gasteiger partial charge in [0, 0.05) is 12.0 Å². The second-order valence-corrected chi connectivity index (χ2v) is 6.49. The molecule has 2 atom stereocenters. The van der Waals surface area contributed by atoms with Gasteiger partial charge in [0.2, 0.25) is 5.91 Å². The zero-order chi connectivity index (χ0) is 15.5. The summed E-state index contributed by atoms with van der Waals surface area (Å²) in [5.74, 6) is -1.24. The summed E-state index contributed by atoms with van der Waals surface area (Å²) in [6.45, 7) is 0.561. The summed E-state index contributed by atoms with van der Waals surface area (Å²) in [4.78, 5) is 12.3. The first kappa shape index (κ1) is 16.6. The standard InChI is InChI=1S/C15H25F3N2O/c16-15(17,18)12-7-5-10(6-8-12)14(21)20-13-4-2-1-3-11(13)9-19/h10-13H,1-9,19H2,(H,20,21). The lowest BCUT2D eigenvalue weighted by molar-refractivity contribution is -0.184. The smallest absolute Gasteiger partial charge is 0.353 e. The van der Waals surface area contributed by atoms with E-state index in [0.717, 1.165) is 25.7 Å². The van der Waals surface area contributed by atoms with E-state index in [9.17, 15) is 18.0 Å². The molecule has 2 fully saturated rings. The van der Waals surface area contributed by atoms with Gasteiger partial charge >= 0.3 is 6.18 Å². The maximum atomic E-state index is 12.6. The van der Waals surface area contributed by atoms with Gasteiger partial charge in [0.1, 0.15) is 0 Å². The molecule has 2 aliphatic carbocycles. The fourth-order valence-electron chi connectivity index (χ4n) is 3.66. The summed E-state index contributed by atoms with van der Waals surface area (Å²) in [6.07, 6.45) is 0.918. The monoisotopic (exact) mass is 306 g/mol. The molecule has 2 rings (SSSR count). The molecule has 2 aliphatic rings. The Labute approximate surface area is 123 Å². The fraction of sp³-hybridized carbons (Fsp3) is 0.933. The number of hydrogen-bond acceptors (Lipinski definition) is 2. The second-order valence-electron chi connectivity index (χ2n) is 6.49. The summed E-state index contributed by atoms with van der Waals surface area (Å²) < 4.78 is 37.9. The van der Waals surface area contributed by atoms with Gasteiger partial charge < -0.3 is 11.1 Å². The van der Waals surface area contributed by atoms with Crippen LogP contribution in [0.5, 0.6) is 0 Å². The van der Waals surface area contributed by atoms with Gasteiger partial charge in [-0.2, -0.15) is 13.2 Å². The first-order chi connectivity index (χ1) is 9.91. The summed E-state index contributed by atoms with van der Waals surface area (Å²) in [7, 11) is 0. The predicted molar refractivity (Wildman–Crippen MR) is 74.4 cm³/mol. The average molecular weight is 306 g/mol. The number of hydrogen-bond donors (Lipinski definition) is 2. The number of halogens is 3. The van der Waals surface area contributed by atoms with E-state index in [0.29, 0.717) is 25.3 Å². The van der Waals surface area contributed by atoms with Crippen LogP contribution in [0, 0.1) is 17.8 Å². The molecule has 21 heavy (non-hydrogen) atoms. The number of nitrogens with two attached hydrogens (primary N) is 1. The van der Waals surface area contributed by atoms with Crippen LogP contribution in [0.4, 0.5) is 13.2 Å². The lowest BCUT2D eigenvalue weighted by atomic mass is 9.80. The van der Waals surface area contributed by atoms with Crippen LogP contribution in [-0.4, -0.2) is 24.7 Å². The highest BCUT2D eigenvalue weighted by Crippen LogP contribution is 2.39. The SMILES string of the molecule is NCC1CCCCC1NC(=O)C1CCC(C(F)(F)F)CC1. The summed E-state index contributed by atoms with van der Waals surface area (Å²) >= 11 is 0. The van der Waals surface area contributed by atoms with Crippen molar-refractivity contribution in [3.05, 3.63) is 0 Å². The Morgan fingerprint density at radius 2 is 1.67 bits per heavy atom. The number of alkyl halides is 3. The maximum Gasteiger partial charge on any atom is 0.391 e. The van der Waals surface area contributed by atoms with Crippen LogP contribution in [0.25, 0.3) is 0 Å². The highest BCUT2D eigenvalue weighted by molar-refractivity contribution is 5.79. The number of nitrogens with one attached hydrogen (secondary N) is 1. The van der Waals surface area contributed by atoms with E-state index in [1.165, 1.54) is 0 Å². The fourth-order valence-corrected chi connectivity index (χ4v) is 3.66.